The lowest BCUT2D eigenvalue weighted by Gasteiger charge is -2.54. The SMILES string of the molecule is N[C@@H](Oc1ccc2[nH]nc(-c3ccc(N4CC5(CCN(C(=O)C6CCNCC6)CC5)C4)nc3)c2c1)c1c(Cl)cncc1Cl. The molecule has 7 rings (SSSR count). The van der Waals surface area contributed by atoms with Crippen LogP contribution in [0.2, 0.25) is 10.0 Å². The molecule has 0 saturated carbocycles. The molecule has 12 heteroatoms. The smallest absolute Gasteiger partial charge is 0.225 e. The molecule has 0 aliphatic carbocycles. The lowest BCUT2D eigenvalue weighted by molar-refractivity contribution is -0.139. The average Bonchev–Trinajstić information content (AvgIpc) is 3.43. The number of likely N-dealkylation sites (tertiary alicyclic amines) is 1. The fourth-order valence-electron chi connectivity index (χ4n) is 6.67. The summed E-state index contributed by atoms with van der Waals surface area (Å²) in [5.41, 5.74) is 9.60. The van der Waals surface area contributed by atoms with E-state index in [4.69, 9.17) is 38.7 Å². The number of aromatic nitrogens is 4. The number of fused-ring (bicyclic) bond motifs is 1. The van der Waals surface area contributed by atoms with Crippen LogP contribution >= 0.6 is 23.2 Å². The molecule has 43 heavy (non-hydrogen) atoms. The van der Waals surface area contributed by atoms with Gasteiger partial charge in [-0.15, -0.1) is 0 Å². The van der Waals surface area contributed by atoms with Crippen LogP contribution in [0.1, 0.15) is 37.5 Å². The van der Waals surface area contributed by atoms with E-state index in [1.165, 1.54) is 12.4 Å². The van der Waals surface area contributed by atoms with Crippen LogP contribution in [0, 0.1) is 11.3 Å². The van der Waals surface area contributed by atoms with E-state index in [-0.39, 0.29) is 11.3 Å². The topological polar surface area (TPSA) is 125 Å². The minimum Gasteiger partial charge on any atom is -0.471 e. The third-order valence-corrected chi connectivity index (χ3v) is 9.80. The van der Waals surface area contributed by atoms with Crippen molar-refractivity contribution in [3.63, 3.8) is 0 Å². The summed E-state index contributed by atoms with van der Waals surface area (Å²) >= 11 is 12.5. The number of benzene rings is 1. The zero-order chi connectivity index (χ0) is 29.6. The molecule has 1 aromatic carbocycles. The van der Waals surface area contributed by atoms with Gasteiger partial charge in [0.05, 0.1) is 15.6 Å². The number of pyridine rings is 2. The number of nitrogens with two attached hydrogens (primary N) is 1. The van der Waals surface area contributed by atoms with Crippen molar-refractivity contribution in [2.24, 2.45) is 17.1 Å². The fraction of sp³-hybridized carbons (Fsp3) is 0.419. The van der Waals surface area contributed by atoms with Gasteiger partial charge >= 0.3 is 0 Å². The normalized spacial score (nSPS) is 19.4. The van der Waals surface area contributed by atoms with Gasteiger partial charge in [0, 0.05) is 72.6 Å². The highest BCUT2D eigenvalue weighted by molar-refractivity contribution is 6.35. The maximum Gasteiger partial charge on any atom is 0.225 e. The van der Waals surface area contributed by atoms with Crippen molar-refractivity contribution in [3.05, 3.63) is 64.5 Å². The highest BCUT2D eigenvalue weighted by Crippen LogP contribution is 2.43. The minimum atomic E-state index is -0.862. The lowest BCUT2D eigenvalue weighted by atomic mass is 9.71. The zero-order valence-electron chi connectivity index (χ0n) is 23.7. The molecule has 4 N–H and O–H groups in total. The molecule has 1 spiro atoms. The molecule has 1 amide bonds. The van der Waals surface area contributed by atoms with Gasteiger partial charge in [0.25, 0.3) is 0 Å². The molecule has 0 unspecified atom stereocenters. The Bertz CT molecular complexity index is 1600. The van der Waals surface area contributed by atoms with Crippen molar-refractivity contribution in [2.45, 2.75) is 31.9 Å². The summed E-state index contributed by atoms with van der Waals surface area (Å²) in [4.78, 5) is 26.2. The van der Waals surface area contributed by atoms with E-state index >= 15 is 0 Å². The van der Waals surface area contributed by atoms with Gasteiger partial charge in [-0.3, -0.25) is 20.6 Å². The highest BCUT2D eigenvalue weighted by atomic mass is 35.5. The number of carbonyl (C=O) groups excluding carboxylic acids is 1. The number of halogens is 2. The second kappa shape index (κ2) is 11.6. The molecule has 4 aromatic rings. The van der Waals surface area contributed by atoms with E-state index in [0.717, 1.165) is 92.9 Å². The first kappa shape index (κ1) is 28.3. The molecule has 3 fully saturated rings. The van der Waals surface area contributed by atoms with Crippen LogP contribution < -0.4 is 20.7 Å². The van der Waals surface area contributed by atoms with Gasteiger partial charge in [-0.25, -0.2) is 4.98 Å². The van der Waals surface area contributed by atoms with Crippen LogP contribution in [0.5, 0.6) is 5.75 Å². The summed E-state index contributed by atoms with van der Waals surface area (Å²) < 4.78 is 6.00. The number of amides is 1. The van der Waals surface area contributed by atoms with Crippen LogP contribution in [0.4, 0.5) is 5.82 Å². The third-order valence-electron chi connectivity index (χ3n) is 9.19. The number of H-pyrrole nitrogens is 1. The van der Waals surface area contributed by atoms with Crippen LogP contribution in [0.15, 0.2) is 48.9 Å². The Labute approximate surface area is 259 Å². The third kappa shape index (κ3) is 5.53. The Balaban J connectivity index is 0.991. The largest absolute Gasteiger partial charge is 0.471 e. The minimum absolute atomic E-state index is 0.199. The molecule has 3 saturated heterocycles. The number of anilines is 1. The zero-order valence-corrected chi connectivity index (χ0v) is 25.2. The number of hydrogen-bond acceptors (Lipinski definition) is 8. The average molecular weight is 622 g/mol. The van der Waals surface area contributed by atoms with Gasteiger partial charge in [0.15, 0.2) is 6.23 Å². The highest BCUT2D eigenvalue weighted by Gasteiger charge is 2.46. The summed E-state index contributed by atoms with van der Waals surface area (Å²) in [7, 11) is 0. The van der Waals surface area contributed by atoms with Gasteiger partial charge in [0.1, 0.15) is 17.3 Å². The number of aromatic amines is 1. The molecule has 3 aliphatic rings. The van der Waals surface area contributed by atoms with E-state index < -0.39 is 6.23 Å². The summed E-state index contributed by atoms with van der Waals surface area (Å²) in [6.07, 6.45) is 8.03. The Kier molecular flexibility index (Phi) is 7.63. The van der Waals surface area contributed by atoms with E-state index in [1.807, 2.05) is 24.4 Å². The molecule has 0 radical (unpaired) electrons. The molecule has 3 aliphatic heterocycles. The fourth-order valence-corrected chi connectivity index (χ4v) is 7.25. The number of nitrogens with one attached hydrogen (secondary N) is 2. The standard InChI is InChI=1S/C31H34Cl2N8O2/c32-23-15-36-16-24(33)27(23)29(34)43-21-2-3-25-22(13-21)28(39-38-25)20-1-4-26(37-14-20)41-17-31(18-41)7-11-40(12-8-31)30(42)19-5-9-35-10-6-19/h1-4,13-16,19,29,35H,5-12,17-18,34H2,(H,38,39)/t29-/m0/s1. The van der Waals surface area contributed by atoms with Crippen molar-refractivity contribution in [1.29, 1.82) is 0 Å². The first-order valence-corrected chi connectivity index (χ1v) is 15.5. The van der Waals surface area contributed by atoms with Crippen LogP contribution in [0.25, 0.3) is 22.2 Å². The maximum absolute atomic E-state index is 13.0. The number of ether oxygens (including phenoxy) is 1. The number of nitrogens with zero attached hydrogens (tertiary/aromatic N) is 5. The molecule has 0 bridgehead atoms. The number of carbonyl (C=O) groups is 1. The molecule has 3 aromatic heterocycles. The summed E-state index contributed by atoms with van der Waals surface area (Å²) in [5.74, 6) is 2.08. The number of piperidine rings is 2. The summed E-state index contributed by atoms with van der Waals surface area (Å²) in [6, 6.07) is 9.73. The van der Waals surface area contributed by atoms with Gasteiger partial charge in [0.2, 0.25) is 5.91 Å². The van der Waals surface area contributed by atoms with Crippen LogP contribution in [0.3, 0.4) is 0 Å². The molecule has 10 nitrogen and oxygen atoms in total. The van der Waals surface area contributed by atoms with Crippen molar-refractivity contribution in [3.8, 4) is 17.0 Å². The molecule has 224 valence electrons. The molecule has 6 heterocycles. The van der Waals surface area contributed by atoms with Crippen LogP contribution in [-0.4, -0.2) is 70.2 Å². The summed E-state index contributed by atoms with van der Waals surface area (Å²) in [6.45, 7) is 5.60. The van der Waals surface area contributed by atoms with Gasteiger partial charge < -0.3 is 19.9 Å². The monoisotopic (exact) mass is 620 g/mol. The Morgan fingerprint density at radius 1 is 1.05 bits per heavy atom. The van der Waals surface area contributed by atoms with E-state index in [1.54, 1.807) is 0 Å². The van der Waals surface area contributed by atoms with Gasteiger partial charge in [-0.2, -0.15) is 5.10 Å². The van der Waals surface area contributed by atoms with E-state index in [0.29, 0.717) is 27.3 Å². The second-order valence-electron chi connectivity index (χ2n) is 11.9. The molecule has 1 atom stereocenters. The first-order valence-electron chi connectivity index (χ1n) is 14.8. The Morgan fingerprint density at radius 3 is 2.49 bits per heavy atom. The van der Waals surface area contributed by atoms with Crippen LogP contribution in [-0.2, 0) is 4.79 Å². The van der Waals surface area contributed by atoms with E-state index in [9.17, 15) is 4.79 Å². The first-order chi connectivity index (χ1) is 20.9. The Morgan fingerprint density at radius 2 is 1.79 bits per heavy atom. The van der Waals surface area contributed by atoms with Gasteiger partial charge in [-0.1, -0.05) is 23.2 Å². The number of rotatable bonds is 6. The molecular weight excluding hydrogens is 587 g/mol. The number of hydrogen-bond donors (Lipinski definition) is 3. The maximum atomic E-state index is 13.0. The Hall–Kier alpha value is -3.44. The van der Waals surface area contributed by atoms with Crippen molar-refractivity contribution < 1.29 is 9.53 Å². The lowest BCUT2D eigenvalue weighted by Crippen LogP contribution is -2.61. The quantitative estimate of drug-likeness (QED) is 0.263. The van der Waals surface area contributed by atoms with Crippen molar-refractivity contribution in [2.75, 3.05) is 44.2 Å². The summed E-state index contributed by atoms with van der Waals surface area (Å²) in [5, 5.41) is 12.6. The van der Waals surface area contributed by atoms with Crippen molar-refractivity contribution in [1.82, 2.24) is 30.4 Å². The predicted molar refractivity (Wildman–Crippen MR) is 167 cm³/mol. The van der Waals surface area contributed by atoms with Crippen molar-refractivity contribution >= 4 is 45.8 Å². The van der Waals surface area contributed by atoms with E-state index in [2.05, 4.69) is 42.4 Å². The molecular formula is C31H34Cl2N8O2. The predicted octanol–water partition coefficient (Wildman–Crippen LogP) is 4.79. The van der Waals surface area contributed by atoms with Gasteiger partial charge in [-0.05, 0) is 69.1 Å². The second-order valence-corrected chi connectivity index (χ2v) is 12.8.